The van der Waals surface area contributed by atoms with Crippen LogP contribution in [-0.2, 0) is 0 Å². The number of benzene rings is 1. The predicted molar refractivity (Wildman–Crippen MR) is 116 cm³/mol. The maximum atomic E-state index is 14.1. The van der Waals surface area contributed by atoms with E-state index in [-0.39, 0.29) is 23.8 Å². The molecule has 1 aliphatic rings. The fraction of sp³-hybridized carbons (Fsp3) is 0.304. The minimum absolute atomic E-state index is 0.149. The fourth-order valence-corrected chi connectivity index (χ4v) is 3.90. The maximum Gasteiger partial charge on any atom is 0.277 e. The van der Waals surface area contributed by atoms with Gasteiger partial charge in [-0.1, -0.05) is 6.07 Å². The van der Waals surface area contributed by atoms with Gasteiger partial charge in [0.1, 0.15) is 0 Å². The Morgan fingerprint density at radius 2 is 1.94 bits per heavy atom. The molecule has 0 unspecified atom stereocenters. The molecule has 1 aliphatic heterocycles. The van der Waals surface area contributed by atoms with Gasteiger partial charge in [0.05, 0.1) is 42.0 Å². The predicted octanol–water partition coefficient (Wildman–Crippen LogP) is 2.84. The minimum atomic E-state index is -2.99. The molecule has 2 aromatic heterocycles. The summed E-state index contributed by atoms with van der Waals surface area (Å²) in [6, 6.07) is 10.2. The van der Waals surface area contributed by atoms with Gasteiger partial charge in [0.2, 0.25) is 5.88 Å². The van der Waals surface area contributed by atoms with E-state index < -0.39 is 24.9 Å². The Hall–Kier alpha value is -3.84. The smallest absolute Gasteiger partial charge is 0.277 e. The Kier molecular flexibility index (Phi) is 5.82. The average molecular weight is 452 g/mol. The molecule has 1 amide bonds. The summed E-state index contributed by atoms with van der Waals surface area (Å²) in [6.45, 7) is 1.33. The van der Waals surface area contributed by atoms with Crippen LogP contribution in [0.4, 0.5) is 8.78 Å². The number of hydrogen-bond donors (Lipinski definition) is 1. The van der Waals surface area contributed by atoms with Crippen molar-refractivity contribution in [1.29, 1.82) is 5.26 Å². The number of amides is 1. The van der Waals surface area contributed by atoms with Crippen molar-refractivity contribution in [2.45, 2.75) is 12.8 Å². The second kappa shape index (κ2) is 8.60. The van der Waals surface area contributed by atoms with Crippen LogP contribution in [0.5, 0.6) is 5.88 Å². The summed E-state index contributed by atoms with van der Waals surface area (Å²) in [5.74, 6) is -3.40. The molecular weight excluding hydrogens is 430 g/mol. The Labute approximate surface area is 189 Å². The summed E-state index contributed by atoms with van der Waals surface area (Å²) in [7, 11) is 1.60. The number of likely N-dealkylation sites (N-methyl/N-ethyl adjacent to an activating group) is 1. The molecule has 0 bridgehead atoms. The van der Waals surface area contributed by atoms with E-state index in [4.69, 9.17) is 5.26 Å². The van der Waals surface area contributed by atoms with Crippen LogP contribution < -0.4 is 0 Å². The van der Waals surface area contributed by atoms with Crippen LogP contribution in [0, 0.1) is 18.3 Å². The Balaban J connectivity index is 1.57. The Bertz CT molecular complexity index is 1230. The number of hydrogen-bond acceptors (Lipinski definition) is 6. The summed E-state index contributed by atoms with van der Waals surface area (Å²) in [4.78, 5) is 19.6. The molecule has 1 saturated heterocycles. The maximum absolute atomic E-state index is 14.1. The zero-order chi connectivity index (χ0) is 23.8. The molecule has 0 atom stereocenters. The molecule has 4 rings (SSSR count). The number of nitrogens with zero attached hydrogens (tertiary/aromatic N) is 6. The number of aromatic hydroxyl groups is 1. The first-order valence-corrected chi connectivity index (χ1v) is 10.3. The SMILES string of the molecule is Cc1cc(C#N)ccc1-c1cnn(-c2ccc(C(=O)N3CCN(C)CC(F)(F)C3)cn2)c1O. The van der Waals surface area contributed by atoms with Gasteiger partial charge in [-0.3, -0.25) is 9.69 Å². The summed E-state index contributed by atoms with van der Waals surface area (Å²) in [5, 5.41) is 23.9. The van der Waals surface area contributed by atoms with Crippen molar-refractivity contribution in [1.82, 2.24) is 24.6 Å². The van der Waals surface area contributed by atoms with Crippen molar-refractivity contribution in [2.24, 2.45) is 0 Å². The van der Waals surface area contributed by atoms with Crippen molar-refractivity contribution in [3.8, 4) is 28.9 Å². The van der Waals surface area contributed by atoms with Gasteiger partial charge in [-0.25, -0.2) is 13.8 Å². The lowest BCUT2D eigenvalue weighted by atomic mass is 10.0. The third kappa shape index (κ3) is 4.54. The van der Waals surface area contributed by atoms with E-state index in [1.54, 1.807) is 25.2 Å². The summed E-state index contributed by atoms with van der Waals surface area (Å²) >= 11 is 0. The molecule has 8 nitrogen and oxygen atoms in total. The van der Waals surface area contributed by atoms with Crippen molar-refractivity contribution in [2.75, 3.05) is 33.2 Å². The lowest BCUT2D eigenvalue weighted by Crippen LogP contribution is -2.41. The molecule has 0 saturated carbocycles. The van der Waals surface area contributed by atoms with Crippen molar-refractivity contribution in [3.05, 3.63) is 59.4 Å². The number of aromatic nitrogens is 3. The Morgan fingerprint density at radius 1 is 1.15 bits per heavy atom. The van der Waals surface area contributed by atoms with Gasteiger partial charge in [0.15, 0.2) is 5.82 Å². The van der Waals surface area contributed by atoms with Crippen LogP contribution in [0.2, 0.25) is 0 Å². The highest BCUT2D eigenvalue weighted by molar-refractivity contribution is 5.94. The lowest BCUT2D eigenvalue weighted by molar-refractivity contribution is -0.0310. The molecule has 1 aromatic carbocycles. The number of aryl methyl sites for hydroxylation is 1. The fourth-order valence-electron chi connectivity index (χ4n) is 3.90. The van der Waals surface area contributed by atoms with E-state index in [0.29, 0.717) is 17.7 Å². The van der Waals surface area contributed by atoms with Gasteiger partial charge in [-0.05, 0) is 49.4 Å². The average Bonchev–Trinajstić information content (AvgIpc) is 3.09. The molecule has 10 heteroatoms. The number of pyridine rings is 1. The van der Waals surface area contributed by atoms with Gasteiger partial charge < -0.3 is 10.0 Å². The van der Waals surface area contributed by atoms with Crippen LogP contribution in [-0.4, -0.2) is 74.7 Å². The van der Waals surface area contributed by atoms with E-state index in [1.807, 2.05) is 6.92 Å². The van der Waals surface area contributed by atoms with Crippen molar-refractivity contribution in [3.63, 3.8) is 0 Å². The number of rotatable bonds is 3. The van der Waals surface area contributed by atoms with E-state index in [0.717, 1.165) is 16.0 Å². The molecule has 33 heavy (non-hydrogen) atoms. The quantitative estimate of drug-likeness (QED) is 0.656. The molecule has 0 radical (unpaired) electrons. The molecule has 170 valence electrons. The van der Waals surface area contributed by atoms with E-state index in [9.17, 15) is 18.7 Å². The zero-order valence-corrected chi connectivity index (χ0v) is 18.2. The van der Waals surface area contributed by atoms with E-state index >= 15 is 0 Å². The van der Waals surface area contributed by atoms with Crippen molar-refractivity contribution < 1.29 is 18.7 Å². The highest BCUT2D eigenvalue weighted by Gasteiger charge is 2.37. The first-order chi connectivity index (χ1) is 15.7. The second-order valence-electron chi connectivity index (χ2n) is 8.16. The largest absolute Gasteiger partial charge is 0.493 e. The minimum Gasteiger partial charge on any atom is -0.493 e. The molecule has 3 heterocycles. The van der Waals surface area contributed by atoms with Gasteiger partial charge in [0.25, 0.3) is 11.8 Å². The number of carbonyl (C=O) groups excluding carboxylic acids is 1. The highest BCUT2D eigenvalue weighted by Crippen LogP contribution is 2.33. The molecule has 3 aromatic rings. The third-order valence-electron chi connectivity index (χ3n) is 5.56. The van der Waals surface area contributed by atoms with Gasteiger partial charge in [0, 0.05) is 19.3 Å². The van der Waals surface area contributed by atoms with Crippen LogP contribution in [0.15, 0.2) is 42.7 Å². The number of alkyl halides is 2. The third-order valence-corrected chi connectivity index (χ3v) is 5.56. The van der Waals surface area contributed by atoms with E-state index in [2.05, 4.69) is 16.2 Å². The van der Waals surface area contributed by atoms with Crippen LogP contribution >= 0.6 is 0 Å². The van der Waals surface area contributed by atoms with Gasteiger partial charge >= 0.3 is 0 Å². The number of nitriles is 1. The van der Waals surface area contributed by atoms with Crippen LogP contribution in [0.25, 0.3) is 16.9 Å². The Morgan fingerprint density at radius 3 is 2.61 bits per heavy atom. The molecular formula is C23H22F2N6O2. The van der Waals surface area contributed by atoms with Crippen molar-refractivity contribution >= 4 is 5.91 Å². The van der Waals surface area contributed by atoms with E-state index in [1.165, 1.54) is 34.1 Å². The molecule has 0 spiro atoms. The molecule has 0 aliphatic carbocycles. The lowest BCUT2D eigenvalue weighted by Gasteiger charge is -2.23. The summed E-state index contributed by atoms with van der Waals surface area (Å²) in [6.07, 6.45) is 2.78. The number of carbonyl (C=O) groups is 1. The first kappa shape index (κ1) is 22.4. The topological polar surface area (TPSA) is 98.3 Å². The van der Waals surface area contributed by atoms with Gasteiger partial charge in [-0.15, -0.1) is 0 Å². The summed E-state index contributed by atoms with van der Waals surface area (Å²) < 4.78 is 29.4. The normalized spacial score (nSPS) is 16.3. The first-order valence-electron chi connectivity index (χ1n) is 10.3. The van der Waals surface area contributed by atoms with Crippen LogP contribution in [0.3, 0.4) is 0 Å². The zero-order valence-electron chi connectivity index (χ0n) is 18.2. The monoisotopic (exact) mass is 452 g/mol. The molecule has 1 fully saturated rings. The number of halogens is 2. The second-order valence-corrected chi connectivity index (χ2v) is 8.16. The standard InChI is InChI=1S/C23H22F2N6O2/c1-15-9-16(10-26)3-5-18(15)19-12-28-31(22(19)33)20-6-4-17(11-27-20)21(32)30-8-7-29(2)13-23(24,25)14-30/h3-6,9,11-12,33H,7-8,13-14H2,1-2H3. The summed E-state index contributed by atoms with van der Waals surface area (Å²) in [5.41, 5.74) is 2.68. The van der Waals surface area contributed by atoms with Gasteiger partial charge in [-0.2, -0.15) is 15.0 Å². The highest BCUT2D eigenvalue weighted by atomic mass is 19.3. The van der Waals surface area contributed by atoms with Crippen LogP contribution in [0.1, 0.15) is 21.5 Å². The molecule has 1 N–H and O–H groups in total.